The highest BCUT2D eigenvalue weighted by Crippen LogP contribution is 2.18. The van der Waals surface area contributed by atoms with Gasteiger partial charge in [0.2, 0.25) is 5.91 Å². The second-order valence-electron chi connectivity index (χ2n) is 5.66. The smallest absolute Gasteiger partial charge is 0.269 e. The van der Waals surface area contributed by atoms with Crippen LogP contribution >= 0.6 is 0 Å². The van der Waals surface area contributed by atoms with Crippen LogP contribution in [-0.2, 0) is 11.3 Å². The summed E-state index contributed by atoms with van der Waals surface area (Å²) in [4.78, 5) is 26.0. The summed E-state index contributed by atoms with van der Waals surface area (Å²) in [5, 5.41) is 10.7. The van der Waals surface area contributed by atoms with E-state index in [9.17, 15) is 19.3 Å². The molecule has 25 heavy (non-hydrogen) atoms. The predicted molar refractivity (Wildman–Crippen MR) is 93.9 cm³/mol. The van der Waals surface area contributed by atoms with Gasteiger partial charge in [0.25, 0.3) is 5.69 Å². The minimum Gasteiger partial charge on any atom is -0.314 e. The predicted octanol–water partition coefficient (Wildman–Crippen LogP) is 3.22. The molecule has 0 spiro atoms. The molecule has 0 aliphatic heterocycles. The number of rotatable bonds is 7. The molecule has 1 amide bonds. The van der Waals surface area contributed by atoms with Crippen molar-refractivity contribution in [3.8, 4) is 0 Å². The Morgan fingerprint density at radius 2 is 1.88 bits per heavy atom. The van der Waals surface area contributed by atoms with Gasteiger partial charge in [-0.2, -0.15) is 0 Å². The van der Waals surface area contributed by atoms with E-state index >= 15 is 0 Å². The number of nitro benzene ring substituents is 1. The van der Waals surface area contributed by atoms with Gasteiger partial charge in [-0.1, -0.05) is 19.1 Å². The molecule has 0 radical (unpaired) electrons. The van der Waals surface area contributed by atoms with Crippen LogP contribution in [0.15, 0.2) is 48.5 Å². The van der Waals surface area contributed by atoms with Crippen molar-refractivity contribution in [3.05, 3.63) is 70.0 Å². The van der Waals surface area contributed by atoms with Gasteiger partial charge in [-0.15, -0.1) is 0 Å². The topological polar surface area (TPSA) is 66.7 Å². The van der Waals surface area contributed by atoms with Crippen LogP contribution in [0.3, 0.4) is 0 Å². The van der Waals surface area contributed by atoms with Crippen LogP contribution in [0.5, 0.6) is 0 Å². The molecule has 0 aromatic heterocycles. The summed E-state index contributed by atoms with van der Waals surface area (Å²) >= 11 is 0. The first-order valence-electron chi connectivity index (χ1n) is 7.88. The first kappa shape index (κ1) is 18.5. The fraction of sp³-hybridized carbons (Fsp3) is 0.278. The Balaban J connectivity index is 2.01. The second-order valence-corrected chi connectivity index (χ2v) is 5.66. The van der Waals surface area contributed by atoms with E-state index in [0.717, 1.165) is 5.56 Å². The Kier molecular flexibility index (Phi) is 6.19. The van der Waals surface area contributed by atoms with E-state index in [0.29, 0.717) is 18.8 Å². The van der Waals surface area contributed by atoms with Gasteiger partial charge in [-0.3, -0.25) is 19.8 Å². The minimum absolute atomic E-state index is 0.0223. The van der Waals surface area contributed by atoms with Crippen LogP contribution in [0.2, 0.25) is 0 Å². The lowest BCUT2D eigenvalue weighted by Crippen LogP contribution is -2.38. The molecule has 6 nitrogen and oxygen atoms in total. The summed E-state index contributed by atoms with van der Waals surface area (Å²) in [5.74, 6) is -0.449. The zero-order valence-corrected chi connectivity index (χ0v) is 14.2. The number of hydrogen-bond acceptors (Lipinski definition) is 4. The van der Waals surface area contributed by atoms with Crippen molar-refractivity contribution in [2.45, 2.75) is 13.5 Å². The molecule has 0 heterocycles. The molecule has 0 aliphatic rings. The number of anilines is 1. The third kappa shape index (κ3) is 5.09. The molecule has 2 aromatic rings. The Labute approximate surface area is 145 Å². The van der Waals surface area contributed by atoms with Crippen molar-refractivity contribution < 1.29 is 14.1 Å². The average Bonchev–Trinajstić information content (AvgIpc) is 2.60. The van der Waals surface area contributed by atoms with Gasteiger partial charge >= 0.3 is 0 Å². The van der Waals surface area contributed by atoms with Crippen molar-refractivity contribution in [3.63, 3.8) is 0 Å². The summed E-state index contributed by atoms with van der Waals surface area (Å²) in [6.45, 7) is 3.20. The number of halogens is 1. The fourth-order valence-corrected chi connectivity index (χ4v) is 2.41. The van der Waals surface area contributed by atoms with Crippen LogP contribution in [-0.4, -0.2) is 35.9 Å². The van der Waals surface area contributed by atoms with Crippen LogP contribution in [0.25, 0.3) is 0 Å². The van der Waals surface area contributed by atoms with Crippen LogP contribution in [0.4, 0.5) is 15.8 Å². The molecular formula is C18H20FN3O3. The van der Waals surface area contributed by atoms with Crippen molar-refractivity contribution in [2.75, 3.05) is 25.0 Å². The van der Waals surface area contributed by atoms with Gasteiger partial charge in [0.05, 0.1) is 11.5 Å². The molecule has 0 atom stereocenters. The van der Waals surface area contributed by atoms with E-state index in [1.54, 1.807) is 25.2 Å². The third-order valence-corrected chi connectivity index (χ3v) is 3.92. The largest absolute Gasteiger partial charge is 0.314 e. The van der Waals surface area contributed by atoms with E-state index in [4.69, 9.17) is 0 Å². The number of likely N-dealkylation sites (N-methyl/N-ethyl adjacent to an activating group) is 2. The standard InChI is InChI=1S/C18H20FN3O3/c1-3-21(12-14-5-4-6-15(19)11-14)13-18(23)20(2)16-7-9-17(10-8-16)22(24)25/h4-11H,3,12-13H2,1-2H3. The SMILES string of the molecule is CCN(CC(=O)N(C)c1ccc([N+](=O)[O-])cc1)Cc1cccc(F)c1. The monoisotopic (exact) mass is 345 g/mol. The summed E-state index contributed by atoms with van der Waals surface area (Å²) in [5.41, 5.74) is 1.36. The molecule has 0 fully saturated rings. The summed E-state index contributed by atoms with van der Waals surface area (Å²) in [6, 6.07) is 12.1. The number of carbonyl (C=O) groups is 1. The highest BCUT2D eigenvalue weighted by atomic mass is 19.1. The van der Waals surface area contributed by atoms with E-state index in [1.165, 1.54) is 29.2 Å². The molecule has 0 aliphatic carbocycles. The normalized spacial score (nSPS) is 10.7. The highest BCUT2D eigenvalue weighted by molar-refractivity contribution is 5.94. The Morgan fingerprint density at radius 3 is 2.44 bits per heavy atom. The summed E-state index contributed by atoms with van der Waals surface area (Å²) in [6.07, 6.45) is 0. The van der Waals surface area contributed by atoms with Gasteiger partial charge in [0.1, 0.15) is 5.82 Å². The van der Waals surface area contributed by atoms with Crippen molar-refractivity contribution in [1.82, 2.24) is 4.90 Å². The molecule has 2 aromatic carbocycles. The Morgan fingerprint density at radius 1 is 1.20 bits per heavy atom. The van der Waals surface area contributed by atoms with E-state index in [-0.39, 0.29) is 24.0 Å². The summed E-state index contributed by atoms with van der Waals surface area (Å²) in [7, 11) is 1.62. The first-order chi connectivity index (χ1) is 11.9. The fourth-order valence-electron chi connectivity index (χ4n) is 2.41. The van der Waals surface area contributed by atoms with Gasteiger partial charge in [0, 0.05) is 31.4 Å². The van der Waals surface area contributed by atoms with E-state index in [2.05, 4.69) is 0 Å². The number of nitrogens with zero attached hydrogens (tertiary/aromatic N) is 3. The number of non-ortho nitro benzene ring substituents is 1. The molecule has 132 valence electrons. The number of hydrogen-bond donors (Lipinski definition) is 0. The van der Waals surface area contributed by atoms with Crippen LogP contribution < -0.4 is 4.90 Å². The van der Waals surface area contributed by atoms with Crippen molar-refractivity contribution >= 4 is 17.3 Å². The number of amides is 1. The van der Waals surface area contributed by atoms with Crippen molar-refractivity contribution in [1.29, 1.82) is 0 Å². The maximum absolute atomic E-state index is 13.3. The Bertz CT molecular complexity index is 749. The molecule has 0 saturated carbocycles. The number of benzene rings is 2. The zero-order valence-electron chi connectivity index (χ0n) is 14.2. The van der Waals surface area contributed by atoms with Gasteiger partial charge in [0.15, 0.2) is 0 Å². The van der Waals surface area contributed by atoms with Gasteiger partial charge < -0.3 is 4.90 Å². The van der Waals surface area contributed by atoms with Crippen molar-refractivity contribution in [2.24, 2.45) is 0 Å². The lowest BCUT2D eigenvalue weighted by molar-refractivity contribution is -0.384. The lowest BCUT2D eigenvalue weighted by atomic mass is 10.2. The molecule has 2 rings (SSSR count). The number of carbonyl (C=O) groups excluding carboxylic acids is 1. The lowest BCUT2D eigenvalue weighted by Gasteiger charge is -2.24. The summed E-state index contributed by atoms with van der Waals surface area (Å²) < 4.78 is 13.3. The molecule has 7 heteroatoms. The molecule has 0 unspecified atom stereocenters. The average molecular weight is 345 g/mol. The van der Waals surface area contributed by atoms with Crippen LogP contribution in [0, 0.1) is 15.9 Å². The third-order valence-electron chi connectivity index (χ3n) is 3.92. The molecule has 0 N–H and O–H groups in total. The van der Waals surface area contributed by atoms with Gasteiger partial charge in [-0.25, -0.2) is 4.39 Å². The molecular weight excluding hydrogens is 325 g/mol. The minimum atomic E-state index is -0.483. The van der Waals surface area contributed by atoms with E-state index in [1.807, 2.05) is 17.9 Å². The number of nitro groups is 1. The maximum atomic E-state index is 13.3. The maximum Gasteiger partial charge on any atom is 0.269 e. The Hall–Kier alpha value is -2.80. The molecule has 0 saturated heterocycles. The quantitative estimate of drug-likeness (QED) is 0.571. The van der Waals surface area contributed by atoms with Crippen LogP contribution in [0.1, 0.15) is 12.5 Å². The zero-order chi connectivity index (χ0) is 18.4. The second kappa shape index (κ2) is 8.34. The van der Waals surface area contributed by atoms with Gasteiger partial charge in [-0.05, 0) is 36.4 Å². The molecule has 0 bridgehead atoms. The highest BCUT2D eigenvalue weighted by Gasteiger charge is 2.16. The first-order valence-corrected chi connectivity index (χ1v) is 7.88. The van der Waals surface area contributed by atoms with E-state index < -0.39 is 4.92 Å².